The van der Waals surface area contributed by atoms with E-state index >= 15 is 0 Å². The molecule has 0 saturated carbocycles. The average molecular weight is 546 g/mol. The highest BCUT2D eigenvalue weighted by atomic mass is 127. The van der Waals surface area contributed by atoms with Crippen molar-refractivity contribution >= 4 is 41.4 Å². The number of aromatic nitrogens is 5. The number of ether oxygens (including phenoxy) is 1. The third-order valence-corrected chi connectivity index (χ3v) is 7.55. The Morgan fingerprint density at radius 2 is 1.90 bits per heavy atom. The monoisotopic (exact) mass is 546 g/mol. The Kier molecular flexibility index (Phi) is 5.89. The van der Waals surface area contributed by atoms with Crippen molar-refractivity contribution in [2.75, 3.05) is 20.2 Å². The summed E-state index contributed by atoms with van der Waals surface area (Å²) in [5, 5.41) is 9.36. The fourth-order valence-electron chi connectivity index (χ4n) is 4.19. The second-order valence-corrected chi connectivity index (χ2v) is 9.42. The molecule has 0 aliphatic carbocycles. The van der Waals surface area contributed by atoms with Gasteiger partial charge in [-0.2, -0.15) is 5.10 Å². The van der Waals surface area contributed by atoms with Gasteiger partial charge in [0, 0.05) is 88.8 Å². The molecular formula is C22H23IN6OS. The topological polar surface area (TPSA) is 69.8 Å². The van der Waals surface area contributed by atoms with Gasteiger partial charge in [0.15, 0.2) is 5.65 Å². The Morgan fingerprint density at radius 3 is 2.61 bits per heavy atom. The zero-order valence-electron chi connectivity index (χ0n) is 17.4. The van der Waals surface area contributed by atoms with E-state index in [-0.39, 0.29) is 0 Å². The van der Waals surface area contributed by atoms with Crippen LogP contribution in [-0.2, 0) is 0 Å². The molecule has 160 valence electrons. The maximum absolute atomic E-state index is 5.21. The van der Waals surface area contributed by atoms with Gasteiger partial charge in [-0.1, -0.05) is 0 Å². The van der Waals surface area contributed by atoms with Crippen LogP contribution in [-0.4, -0.2) is 43.9 Å². The van der Waals surface area contributed by atoms with Gasteiger partial charge in [-0.3, -0.25) is 8.65 Å². The molecule has 0 atom stereocenters. The minimum Gasteiger partial charge on any atom is -0.481 e. The Morgan fingerprint density at radius 1 is 1.10 bits per heavy atom. The predicted molar refractivity (Wildman–Crippen MR) is 134 cm³/mol. The van der Waals surface area contributed by atoms with Crippen molar-refractivity contribution in [1.29, 1.82) is 0 Å². The van der Waals surface area contributed by atoms with Crippen LogP contribution in [0.3, 0.4) is 0 Å². The highest BCUT2D eigenvalue weighted by Crippen LogP contribution is 2.36. The first-order valence-corrected chi connectivity index (χ1v) is 13.6. The number of piperidine rings is 1. The van der Waals surface area contributed by atoms with E-state index < -0.39 is 0 Å². The van der Waals surface area contributed by atoms with E-state index in [4.69, 9.17) is 14.8 Å². The van der Waals surface area contributed by atoms with E-state index in [1.165, 1.54) is 0 Å². The summed E-state index contributed by atoms with van der Waals surface area (Å²) in [6.07, 6.45) is 10.3. The lowest BCUT2D eigenvalue weighted by molar-refractivity contribution is 0.342. The summed E-state index contributed by atoms with van der Waals surface area (Å²) in [5.74, 6) is 0.607. The molecule has 5 heterocycles. The van der Waals surface area contributed by atoms with E-state index in [9.17, 15) is 0 Å². The lowest BCUT2D eigenvalue weighted by atomic mass is 10.0. The predicted octanol–water partition coefficient (Wildman–Crippen LogP) is 5.05. The molecule has 31 heavy (non-hydrogen) atoms. The van der Waals surface area contributed by atoms with Crippen molar-refractivity contribution in [3.8, 4) is 28.1 Å². The third-order valence-electron chi connectivity index (χ3n) is 5.85. The number of pyridine rings is 2. The molecule has 5 rings (SSSR count). The van der Waals surface area contributed by atoms with E-state index in [1.807, 2.05) is 24.5 Å². The lowest BCUT2D eigenvalue weighted by Gasteiger charge is -2.22. The van der Waals surface area contributed by atoms with Crippen LogP contribution in [0.15, 0.2) is 43.0 Å². The molecule has 4 aromatic heterocycles. The highest BCUT2D eigenvalue weighted by molar-refractivity contribution is 14.2. The lowest BCUT2D eigenvalue weighted by Crippen LogP contribution is -2.29. The van der Waals surface area contributed by atoms with Crippen molar-refractivity contribution in [3.05, 3.63) is 48.7 Å². The summed E-state index contributed by atoms with van der Waals surface area (Å²) in [6.45, 7) is 4.18. The molecule has 0 amide bonds. The number of hydrogen-bond donors (Lipinski definition) is 1. The van der Waals surface area contributed by atoms with Crippen LogP contribution in [0.25, 0.3) is 33.3 Å². The molecule has 0 spiro atoms. The molecule has 7 nitrogen and oxygen atoms in total. The standard InChI is InChI=1S/C22H23IN6OS/c1-14-19(12-28(27-14)17-5-7-24-8-6-17)16-9-18-20(13-29(31-23)22(18)26-11-16)15-3-4-21(30-2)25-10-15/h3-4,9-13,17,24H,5-8H2,1-2H3. The van der Waals surface area contributed by atoms with E-state index in [0.29, 0.717) is 11.9 Å². The molecule has 0 bridgehead atoms. The van der Waals surface area contributed by atoms with Crippen molar-refractivity contribution < 1.29 is 4.74 Å². The quantitative estimate of drug-likeness (QED) is 0.354. The van der Waals surface area contributed by atoms with Crippen molar-refractivity contribution in [3.63, 3.8) is 0 Å². The maximum Gasteiger partial charge on any atom is 0.212 e. The van der Waals surface area contributed by atoms with Crippen LogP contribution in [0.1, 0.15) is 24.6 Å². The summed E-state index contributed by atoms with van der Waals surface area (Å²) in [6, 6.07) is 6.61. The first-order chi connectivity index (χ1) is 15.2. The van der Waals surface area contributed by atoms with Gasteiger partial charge in [0.05, 0.1) is 18.8 Å². The van der Waals surface area contributed by atoms with Crippen LogP contribution in [0.4, 0.5) is 0 Å². The number of nitrogens with zero attached hydrogens (tertiary/aromatic N) is 5. The van der Waals surface area contributed by atoms with Gasteiger partial charge < -0.3 is 10.1 Å². The molecular weight excluding hydrogens is 523 g/mol. The molecule has 0 radical (unpaired) electrons. The van der Waals surface area contributed by atoms with E-state index in [1.54, 1.807) is 16.2 Å². The van der Waals surface area contributed by atoms with Gasteiger partial charge in [0.2, 0.25) is 5.88 Å². The van der Waals surface area contributed by atoms with Crippen molar-refractivity contribution in [2.45, 2.75) is 25.8 Å². The summed E-state index contributed by atoms with van der Waals surface area (Å²) >= 11 is 2.28. The SMILES string of the molecule is COc1ccc(-c2cn(SI)c3ncc(-c4cn(C5CCNCC5)nc4C)cc23)cn1. The van der Waals surface area contributed by atoms with Crippen LogP contribution in [0.2, 0.25) is 0 Å². The van der Waals surface area contributed by atoms with E-state index in [2.05, 4.69) is 65.5 Å². The fourth-order valence-corrected chi connectivity index (χ4v) is 5.45. The van der Waals surface area contributed by atoms with Crippen molar-refractivity contribution in [2.24, 2.45) is 0 Å². The summed E-state index contributed by atoms with van der Waals surface area (Å²) < 4.78 is 9.45. The molecule has 0 unspecified atom stereocenters. The average Bonchev–Trinajstić information content (AvgIpc) is 3.40. The minimum absolute atomic E-state index is 0.461. The zero-order valence-corrected chi connectivity index (χ0v) is 20.4. The van der Waals surface area contributed by atoms with Gasteiger partial charge >= 0.3 is 0 Å². The number of hydrogen-bond acceptors (Lipinski definition) is 6. The Labute approximate surface area is 197 Å². The highest BCUT2D eigenvalue weighted by Gasteiger charge is 2.19. The van der Waals surface area contributed by atoms with Gasteiger partial charge in [-0.25, -0.2) is 9.97 Å². The minimum atomic E-state index is 0.461. The number of halogens is 1. The summed E-state index contributed by atoms with van der Waals surface area (Å²) in [5.41, 5.74) is 6.35. The second-order valence-electron chi connectivity index (χ2n) is 7.71. The summed E-state index contributed by atoms with van der Waals surface area (Å²) in [4.78, 5) is 9.20. The van der Waals surface area contributed by atoms with E-state index in [0.717, 1.165) is 64.9 Å². The van der Waals surface area contributed by atoms with Crippen LogP contribution in [0.5, 0.6) is 5.88 Å². The second kappa shape index (κ2) is 8.79. The molecule has 1 aliphatic heterocycles. The van der Waals surface area contributed by atoms with Crippen LogP contribution >= 0.6 is 30.3 Å². The largest absolute Gasteiger partial charge is 0.481 e. The molecule has 1 saturated heterocycles. The zero-order chi connectivity index (χ0) is 21.4. The number of aryl methyl sites for hydroxylation is 1. The first-order valence-electron chi connectivity index (χ1n) is 10.3. The van der Waals surface area contributed by atoms with Gasteiger partial charge in [0.1, 0.15) is 0 Å². The third kappa shape index (κ3) is 3.94. The molecule has 1 fully saturated rings. The number of fused-ring (bicyclic) bond motifs is 1. The number of nitrogens with one attached hydrogen (secondary N) is 1. The van der Waals surface area contributed by atoms with Gasteiger partial charge in [-0.15, -0.1) is 0 Å². The Bertz CT molecular complexity index is 1210. The molecule has 9 heteroatoms. The van der Waals surface area contributed by atoms with Gasteiger partial charge in [0.25, 0.3) is 0 Å². The molecule has 1 N–H and O–H groups in total. The number of rotatable bonds is 5. The number of methoxy groups -OCH3 is 1. The first kappa shape index (κ1) is 20.8. The normalized spacial score (nSPS) is 14.9. The van der Waals surface area contributed by atoms with Gasteiger partial charge in [-0.05, 0) is 45.0 Å². The maximum atomic E-state index is 5.21. The smallest absolute Gasteiger partial charge is 0.212 e. The Balaban J connectivity index is 1.58. The van der Waals surface area contributed by atoms with Crippen LogP contribution in [0, 0.1) is 6.92 Å². The fraction of sp³-hybridized carbons (Fsp3) is 0.318. The molecule has 4 aromatic rings. The molecule has 0 aromatic carbocycles. The molecule has 1 aliphatic rings. The Hall–Kier alpha value is -2.11. The van der Waals surface area contributed by atoms with Crippen LogP contribution < -0.4 is 10.1 Å². The summed E-state index contributed by atoms with van der Waals surface area (Å²) in [7, 11) is 3.23. The van der Waals surface area contributed by atoms with Crippen molar-refractivity contribution in [1.82, 2.24) is 29.0 Å².